The maximum absolute atomic E-state index is 9.29. The highest BCUT2D eigenvalue weighted by Gasteiger charge is 2.21. The summed E-state index contributed by atoms with van der Waals surface area (Å²) < 4.78 is 5.31. The zero-order valence-electron chi connectivity index (χ0n) is 10.7. The van der Waals surface area contributed by atoms with Crippen molar-refractivity contribution in [2.24, 2.45) is 0 Å². The third-order valence-corrected chi connectivity index (χ3v) is 3.13. The van der Waals surface area contributed by atoms with E-state index in [1.165, 1.54) is 0 Å². The van der Waals surface area contributed by atoms with Crippen LogP contribution in [0.15, 0.2) is 0 Å². The average Bonchev–Trinajstić information content (AvgIpc) is 2.42. The summed E-state index contributed by atoms with van der Waals surface area (Å²) in [5.74, 6) is 1.31. The lowest BCUT2D eigenvalue weighted by atomic mass is 10.1. The zero-order chi connectivity index (χ0) is 13.1. The molecule has 1 aliphatic rings. The van der Waals surface area contributed by atoms with Crippen molar-refractivity contribution in [1.82, 2.24) is 4.98 Å². The van der Waals surface area contributed by atoms with Gasteiger partial charge in [0.2, 0.25) is 0 Å². The molecule has 1 aromatic heterocycles. The van der Waals surface area contributed by atoms with Crippen LogP contribution in [0.5, 0.6) is 0 Å². The number of anilines is 3. The van der Waals surface area contributed by atoms with E-state index in [9.17, 15) is 5.26 Å². The topological polar surface area (TPSA) is 87.2 Å². The summed E-state index contributed by atoms with van der Waals surface area (Å²) in [5, 5.41) is 12.3. The Morgan fingerprint density at radius 2 is 2.11 bits per heavy atom. The lowest BCUT2D eigenvalue weighted by Gasteiger charge is -2.29. The summed E-state index contributed by atoms with van der Waals surface area (Å²) in [6, 6.07) is 2.20. The second-order valence-electron chi connectivity index (χ2n) is 4.16. The van der Waals surface area contributed by atoms with Gasteiger partial charge >= 0.3 is 0 Å². The third kappa shape index (κ3) is 2.05. The van der Waals surface area contributed by atoms with Crippen molar-refractivity contribution in [2.75, 3.05) is 49.3 Å². The Labute approximate surface area is 106 Å². The monoisotopic (exact) mass is 247 g/mol. The van der Waals surface area contributed by atoms with Crippen molar-refractivity contribution >= 4 is 17.3 Å². The highest BCUT2D eigenvalue weighted by atomic mass is 16.5. The van der Waals surface area contributed by atoms with Gasteiger partial charge < -0.3 is 20.7 Å². The minimum absolute atomic E-state index is 0.533. The van der Waals surface area contributed by atoms with E-state index >= 15 is 0 Å². The van der Waals surface area contributed by atoms with Gasteiger partial charge in [-0.1, -0.05) is 0 Å². The lowest BCUT2D eigenvalue weighted by molar-refractivity contribution is 0.122. The number of nitrogens with two attached hydrogens (primary N) is 1. The van der Waals surface area contributed by atoms with E-state index in [2.05, 4.69) is 21.3 Å². The fraction of sp³-hybridized carbons (Fsp3) is 0.500. The van der Waals surface area contributed by atoms with Crippen molar-refractivity contribution in [3.05, 3.63) is 11.1 Å². The van der Waals surface area contributed by atoms with Crippen LogP contribution in [0.4, 0.5) is 17.3 Å². The Bertz CT molecular complexity index is 488. The zero-order valence-corrected chi connectivity index (χ0v) is 10.7. The van der Waals surface area contributed by atoms with Gasteiger partial charge in [-0.25, -0.2) is 4.98 Å². The summed E-state index contributed by atoms with van der Waals surface area (Å²) >= 11 is 0. The van der Waals surface area contributed by atoms with Gasteiger partial charge in [0.15, 0.2) is 5.82 Å². The van der Waals surface area contributed by atoms with Crippen molar-refractivity contribution in [1.29, 1.82) is 5.26 Å². The molecule has 1 fully saturated rings. The molecule has 0 amide bonds. The first-order chi connectivity index (χ1) is 8.69. The summed E-state index contributed by atoms with van der Waals surface area (Å²) in [6.45, 7) is 4.65. The molecule has 3 N–H and O–H groups in total. The van der Waals surface area contributed by atoms with E-state index in [0.717, 1.165) is 18.7 Å². The van der Waals surface area contributed by atoms with Crippen LogP contribution in [0.1, 0.15) is 11.1 Å². The highest BCUT2D eigenvalue weighted by molar-refractivity contribution is 5.75. The number of nitrogen functional groups attached to an aromatic ring is 1. The fourth-order valence-electron chi connectivity index (χ4n) is 2.03. The molecule has 0 spiro atoms. The molecule has 6 nitrogen and oxygen atoms in total. The molecule has 2 heterocycles. The van der Waals surface area contributed by atoms with Crippen LogP contribution in [0.3, 0.4) is 0 Å². The number of morpholine rings is 1. The number of nitrogens with zero attached hydrogens (tertiary/aromatic N) is 3. The molecule has 96 valence electrons. The Morgan fingerprint density at radius 3 is 2.67 bits per heavy atom. The molecule has 1 saturated heterocycles. The molecule has 2 rings (SSSR count). The predicted octanol–water partition coefficient (Wildman–Crippen LogP) is 0.722. The number of ether oxygens (including phenoxy) is 1. The van der Waals surface area contributed by atoms with Crippen LogP contribution >= 0.6 is 0 Å². The van der Waals surface area contributed by atoms with Crippen molar-refractivity contribution in [3.8, 4) is 6.07 Å². The number of nitrogens with one attached hydrogen (secondary N) is 1. The molecule has 18 heavy (non-hydrogen) atoms. The summed E-state index contributed by atoms with van der Waals surface area (Å²) in [4.78, 5) is 6.52. The van der Waals surface area contributed by atoms with Gasteiger partial charge in [-0.05, 0) is 12.5 Å². The summed E-state index contributed by atoms with van der Waals surface area (Å²) in [7, 11) is 1.77. The van der Waals surface area contributed by atoms with Gasteiger partial charge in [-0.3, -0.25) is 0 Å². The molecule has 1 aromatic rings. The van der Waals surface area contributed by atoms with E-state index in [1.807, 2.05) is 6.92 Å². The molecule has 0 aromatic carbocycles. The molecular weight excluding hydrogens is 230 g/mol. The second-order valence-corrected chi connectivity index (χ2v) is 4.16. The van der Waals surface area contributed by atoms with Crippen molar-refractivity contribution in [3.63, 3.8) is 0 Å². The number of pyridine rings is 1. The van der Waals surface area contributed by atoms with E-state index < -0.39 is 0 Å². The largest absolute Gasteiger partial charge is 0.395 e. The molecule has 0 bridgehead atoms. The maximum atomic E-state index is 9.29. The normalized spacial score (nSPS) is 15.3. The van der Waals surface area contributed by atoms with Crippen LogP contribution in [0.25, 0.3) is 0 Å². The van der Waals surface area contributed by atoms with Gasteiger partial charge in [0.1, 0.15) is 11.9 Å². The molecule has 6 heteroatoms. The predicted molar refractivity (Wildman–Crippen MR) is 70.7 cm³/mol. The molecule has 0 aliphatic carbocycles. The first-order valence-corrected chi connectivity index (χ1v) is 5.89. The van der Waals surface area contributed by atoms with E-state index in [4.69, 9.17) is 10.5 Å². The van der Waals surface area contributed by atoms with Crippen molar-refractivity contribution in [2.45, 2.75) is 6.92 Å². The van der Waals surface area contributed by atoms with Crippen LogP contribution in [0, 0.1) is 18.3 Å². The van der Waals surface area contributed by atoms with Crippen LogP contribution in [0.2, 0.25) is 0 Å². The minimum Gasteiger partial charge on any atom is -0.395 e. The van der Waals surface area contributed by atoms with Gasteiger partial charge in [-0.15, -0.1) is 0 Å². The Hall–Kier alpha value is -2.00. The Kier molecular flexibility index (Phi) is 3.53. The van der Waals surface area contributed by atoms with Gasteiger partial charge in [0.05, 0.1) is 24.5 Å². The standard InChI is InChI=1S/C12H17N5O/c1-8-9(7-13)12(16-11(15-2)10(8)14)17-3-5-18-6-4-17/h3-6,14H2,1-2H3,(H,15,16). The maximum Gasteiger partial charge on any atom is 0.151 e. The molecular formula is C12H17N5O. The van der Waals surface area contributed by atoms with Gasteiger partial charge in [0, 0.05) is 20.1 Å². The summed E-state index contributed by atoms with van der Waals surface area (Å²) in [5.41, 5.74) is 7.81. The second kappa shape index (κ2) is 5.10. The Balaban J connectivity index is 2.51. The van der Waals surface area contributed by atoms with E-state index in [1.54, 1.807) is 7.05 Å². The number of hydrogen-bond donors (Lipinski definition) is 2. The number of aromatic nitrogens is 1. The fourth-order valence-corrected chi connectivity index (χ4v) is 2.03. The summed E-state index contributed by atoms with van der Waals surface area (Å²) in [6.07, 6.45) is 0. The highest BCUT2D eigenvalue weighted by Crippen LogP contribution is 2.30. The first kappa shape index (κ1) is 12.5. The quantitative estimate of drug-likeness (QED) is 0.800. The molecule has 1 aliphatic heterocycles. The molecule has 0 saturated carbocycles. The van der Waals surface area contributed by atoms with Crippen molar-refractivity contribution < 1.29 is 4.74 Å². The van der Waals surface area contributed by atoms with Crippen LogP contribution in [-0.2, 0) is 4.74 Å². The SMILES string of the molecule is CNc1nc(N2CCOCC2)c(C#N)c(C)c1N. The van der Waals surface area contributed by atoms with Gasteiger partial charge in [0.25, 0.3) is 0 Å². The van der Waals surface area contributed by atoms with E-state index in [-0.39, 0.29) is 0 Å². The Morgan fingerprint density at radius 1 is 1.44 bits per heavy atom. The smallest absolute Gasteiger partial charge is 0.151 e. The molecule has 0 atom stereocenters. The third-order valence-electron chi connectivity index (χ3n) is 3.13. The number of rotatable bonds is 2. The molecule has 0 unspecified atom stereocenters. The van der Waals surface area contributed by atoms with Gasteiger partial charge in [-0.2, -0.15) is 5.26 Å². The first-order valence-electron chi connectivity index (χ1n) is 5.89. The number of hydrogen-bond acceptors (Lipinski definition) is 6. The molecule has 0 radical (unpaired) electrons. The minimum atomic E-state index is 0.533. The average molecular weight is 247 g/mol. The number of nitriles is 1. The van der Waals surface area contributed by atoms with Crippen LogP contribution in [-0.4, -0.2) is 38.3 Å². The van der Waals surface area contributed by atoms with E-state index in [0.29, 0.717) is 36.1 Å². The van der Waals surface area contributed by atoms with Crippen LogP contribution < -0.4 is 16.0 Å². The lowest BCUT2D eigenvalue weighted by Crippen LogP contribution is -2.37.